The number of benzene rings is 1. The van der Waals surface area contributed by atoms with Crippen molar-refractivity contribution in [3.63, 3.8) is 0 Å². The highest BCUT2D eigenvalue weighted by molar-refractivity contribution is 5.61. The number of rotatable bonds is 10. The van der Waals surface area contributed by atoms with Crippen molar-refractivity contribution in [2.24, 2.45) is 34.7 Å². The Morgan fingerprint density at radius 2 is 1.90 bits per heavy atom. The number of fused-ring (bicyclic) bond motifs is 1. The van der Waals surface area contributed by atoms with Crippen LogP contribution < -0.4 is 11.6 Å². The normalized spacial score (nSPS) is 29.1. The van der Waals surface area contributed by atoms with Crippen LogP contribution in [0.25, 0.3) is 5.70 Å². The maximum absolute atomic E-state index is 9.98. The van der Waals surface area contributed by atoms with Gasteiger partial charge in [0.2, 0.25) is 0 Å². The minimum atomic E-state index is -0.523. The summed E-state index contributed by atoms with van der Waals surface area (Å²) in [6.07, 6.45) is 14.5. The molecule has 2 saturated carbocycles. The van der Waals surface area contributed by atoms with Crippen LogP contribution >= 0.6 is 0 Å². The summed E-state index contributed by atoms with van der Waals surface area (Å²) in [5, 5.41) is 11.8. The fourth-order valence-electron chi connectivity index (χ4n) is 6.48. The number of unbranched alkanes of at least 4 members (excludes halogenated alkanes) is 1. The predicted octanol–water partition coefficient (Wildman–Crippen LogP) is 5.67. The largest absolute Gasteiger partial charge is 0.397 e. The molecule has 0 saturated heterocycles. The van der Waals surface area contributed by atoms with E-state index in [0.717, 1.165) is 54.8 Å². The molecule has 0 bridgehead atoms. The van der Waals surface area contributed by atoms with E-state index in [-0.39, 0.29) is 0 Å². The Balaban J connectivity index is 1.51. The second-order valence-corrected chi connectivity index (χ2v) is 11.1. The summed E-state index contributed by atoms with van der Waals surface area (Å²) in [6, 6.07) is 10.0. The average Bonchev–Trinajstić information content (AvgIpc) is 3.06. The van der Waals surface area contributed by atoms with E-state index >= 15 is 0 Å². The lowest BCUT2D eigenvalue weighted by molar-refractivity contribution is 0.0384. The first kappa shape index (κ1) is 24.1. The van der Waals surface area contributed by atoms with Crippen LogP contribution in [0, 0.1) is 23.2 Å². The average molecular weight is 428 g/mol. The van der Waals surface area contributed by atoms with Crippen LogP contribution in [0.4, 0.5) is 0 Å². The topological polar surface area (TPSA) is 75.5 Å². The van der Waals surface area contributed by atoms with Gasteiger partial charge >= 0.3 is 0 Å². The van der Waals surface area contributed by atoms with Crippen LogP contribution in [0.2, 0.25) is 0 Å². The molecule has 0 amide bonds. The molecule has 0 heterocycles. The van der Waals surface area contributed by atoms with E-state index in [0.29, 0.717) is 5.41 Å². The molecule has 5 N–H and O–H groups in total. The molecule has 2 fully saturated rings. The summed E-state index contributed by atoms with van der Waals surface area (Å²) in [7, 11) is 0. The second-order valence-electron chi connectivity index (χ2n) is 11.1. The summed E-state index contributed by atoms with van der Waals surface area (Å²) in [6.45, 7) is 7.29. The number of aliphatic hydroxyl groups is 1. The Labute approximate surface area is 190 Å². The minimum absolute atomic E-state index is 0.496. The van der Waals surface area contributed by atoms with Gasteiger partial charge in [-0.1, -0.05) is 62.9 Å². The fourth-order valence-corrected chi connectivity index (χ4v) is 6.48. The van der Waals surface area contributed by atoms with Crippen LogP contribution in [0.15, 0.2) is 36.5 Å². The summed E-state index contributed by atoms with van der Waals surface area (Å²) in [4.78, 5) is 0. The van der Waals surface area contributed by atoms with E-state index in [1.165, 1.54) is 44.9 Å². The smallest absolute Gasteiger partial charge is 0.0591 e. The van der Waals surface area contributed by atoms with Crippen molar-refractivity contribution in [2.75, 3.05) is 6.54 Å². The van der Waals surface area contributed by atoms with Crippen molar-refractivity contribution in [2.45, 2.75) is 90.6 Å². The zero-order valence-electron chi connectivity index (χ0n) is 20.0. The van der Waals surface area contributed by atoms with Gasteiger partial charge < -0.3 is 15.8 Å². The molecule has 4 unspecified atom stereocenters. The Hall–Kier alpha value is -1.52. The number of nitrogens with zero attached hydrogens (tertiary/aromatic N) is 1. The van der Waals surface area contributed by atoms with Gasteiger partial charge in [-0.05, 0) is 81.1 Å². The molecular formula is C27H45N3O. The Kier molecular flexibility index (Phi) is 8.09. The number of hydrogen-bond acceptors (Lipinski definition) is 4. The van der Waals surface area contributed by atoms with E-state index < -0.39 is 5.60 Å². The van der Waals surface area contributed by atoms with Crippen molar-refractivity contribution in [1.82, 2.24) is 5.01 Å². The van der Waals surface area contributed by atoms with Gasteiger partial charge in [-0.15, -0.1) is 0 Å². The van der Waals surface area contributed by atoms with Crippen LogP contribution in [0.1, 0.15) is 90.5 Å². The van der Waals surface area contributed by atoms with Crippen molar-refractivity contribution in [3.8, 4) is 0 Å². The Morgan fingerprint density at radius 3 is 2.61 bits per heavy atom. The first-order chi connectivity index (χ1) is 14.7. The van der Waals surface area contributed by atoms with Gasteiger partial charge in [0.05, 0.1) is 11.3 Å². The molecule has 0 radical (unpaired) electrons. The van der Waals surface area contributed by atoms with E-state index in [4.69, 9.17) is 11.6 Å². The highest BCUT2D eigenvalue weighted by Crippen LogP contribution is 2.59. The lowest BCUT2D eigenvalue weighted by Gasteiger charge is -2.45. The molecule has 1 aromatic rings. The Bertz CT molecular complexity index is 711. The third-order valence-electron chi connectivity index (χ3n) is 8.23. The molecule has 4 nitrogen and oxygen atoms in total. The molecule has 4 heteroatoms. The second kappa shape index (κ2) is 10.4. The maximum Gasteiger partial charge on any atom is 0.0591 e. The van der Waals surface area contributed by atoms with Crippen molar-refractivity contribution < 1.29 is 5.11 Å². The summed E-state index contributed by atoms with van der Waals surface area (Å²) in [5.41, 5.74) is 7.96. The first-order valence-corrected chi connectivity index (χ1v) is 12.5. The first-order valence-electron chi connectivity index (χ1n) is 12.5. The van der Waals surface area contributed by atoms with Gasteiger partial charge in [0.15, 0.2) is 0 Å². The molecule has 0 aliphatic heterocycles. The molecule has 2 aliphatic rings. The van der Waals surface area contributed by atoms with Gasteiger partial charge in [0.1, 0.15) is 0 Å². The number of nitrogens with two attached hydrogens (primary N) is 2. The third-order valence-corrected chi connectivity index (χ3v) is 8.23. The SMILES string of the molecule is CC(C)(O)CCCCC1CCC2C(CCN(N)/C=C(\N)c3ccccc3)CCCC12C. The number of hydrogen-bond donors (Lipinski definition) is 3. The lowest BCUT2D eigenvalue weighted by Crippen LogP contribution is -2.39. The molecule has 3 rings (SSSR count). The molecule has 4 atom stereocenters. The van der Waals surface area contributed by atoms with E-state index in [1.54, 1.807) is 5.01 Å². The zero-order chi connectivity index (χ0) is 22.5. The molecule has 174 valence electrons. The van der Waals surface area contributed by atoms with Crippen molar-refractivity contribution in [3.05, 3.63) is 42.1 Å². The molecule has 2 aliphatic carbocycles. The molecule has 0 spiro atoms. The molecule has 1 aromatic carbocycles. The molecule has 31 heavy (non-hydrogen) atoms. The van der Waals surface area contributed by atoms with Gasteiger partial charge in [-0.25, -0.2) is 5.84 Å². The van der Waals surface area contributed by atoms with Crippen LogP contribution in [-0.2, 0) is 0 Å². The summed E-state index contributed by atoms with van der Waals surface area (Å²) >= 11 is 0. The van der Waals surface area contributed by atoms with Crippen molar-refractivity contribution in [1.29, 1.82) is 0 Å². The standard InChI is InChI=1S/C27H45N3O/c1-26(2,31)17-8-7-13-23-14-15-24-21(12-9-18-27(23,24)3)16-19-30(29)20-25(28)22-10-5-4-6-11-22/h4-6,10-11,20-21,23-24,31H,7-9,12-19,28-29H2,1-3H3/b25-20-. The monoisotopic (exact) mass is 427 g/mol. The third kappa shape index (κ3) is 6.49. The number of hydrazine groups is 1. The zero-order valence-corrected chi connectivity index (χ0v) is 20.0. The van der Waals surface area contributed by atoms with Crippen LogP contribution in [0.5, 0.6) is 0 Å². The van der Waals surface area contributed by atoms with E-state index in [1.807, 2.05) is 50.4 Å². The van der Waals surface area contributed by atoms with Gasteiger partial charge in [-0.3, -0.25) is 0 Å². The van der Waals surface area contributed by atoms with E-state index in [2.05, 4.69) is 6.92 Å². The van der Waals surface area contributed by atoms with Gasteiger partial charge in [0.25, 0.3) is 0 Å². The van der Waals surface area contributed by atoms with Gasteiger partial charge in [0, 0.05) is 12.7 Å². The van der Waals surface area contributed by atoms with Crippen LogP contribution in [-0.4, -0.2) is 22.3 Å². The minimum Gasteiger partial charge on any atom is -0.397 e. The highest BCUT2D eigenvalue weighted by atomic mass is 16.3. The quantitative estimate of drug-likeness (QED) is 0.255. The van der Waals surface area contributed by atoms with Crippen molar-refractivity contribution >= 4 is 5.70 Å². The highest BCUT2D eigenvalue weighted by Gasteiger charge is 2.50. The summed E-state index contributed by atoms with van der Waals surface area (Å²) < 4.78 is 0. The van der Waals surface area contributed by atoms with Gasteiger partial charge in [-0.2, -0.15) is 0 Å². The van der Waals surface area contributed by atoms with Crippen LogP contribution in [0.3, 0.4) is 0 Å². The fraction of sp³-hybridized carbons (Fsp3) is 0.704. The Morgan fingerprint density at radius 1 is 1.16 bits per heavy atom. The predicted molar refractivity (Wildman–Crippen MR) is 131 cm³/mol. The molecule has 0 aromatic heterocycles. The lowest BCUT2D eigenvalue weighted by atomic mass is 9.60. The molecular weight excluding hydrogens is 382 g/mol. The van der Waals surface area contributed by atoms with E-state index in [9.17, 15) is 5.11 Å². The maximum atomic E-state index is 9.98. The summed E-state index contributed by atoms with van der Waals surface area (Å²) in [5.74, 6) is 8.76.